The Morgan fingerprint density at radius 3 is 1.81 bits per heavy atom. The number of hydrogen-bond donors (Lipinski definition) is 1. The van der Waals surface area contributed by atoms with Gasteiger partial charge in [-0.25, -0.2) is 4.57 Å². The number of alkyl halides is 1. The van der Waals surface area contributed by atoms with Crippen LogP contribution in [-0.4, -0.2) is 49.9 Å². The summed E-state index contributed by atoms with van der Waals surface area (Å²) in [7, 11) is -2.49. The molecule has 1 aromatic rings. The van der Waals surface area contributed by atoms with Gasteiger partial charge in [-0.2, -0.15) is 0 Å². The van der Waals surface area contributed by atoms with Gasteiger partial charge in [0.05, 0.1) is 19.8 Å². The Morgan fingerprint density at radius 2 is 1.28 bits per heavy atom. The molecule has 0 aliphatic heterocycles. The lowest BCUT2D eigenvalue weighted by Crippen LogP contribution is -2.24. The van der Waals surface area contributed by atoms with Crippen molar-refractivity contribution in [3.05, 3.63) is 35.9 Å². The van der Waals surface area contributed by atoms with Crippen molar-refractivity contribution in [3.63, 3.8) is 0 Å². The Bertz CT molecular complexity index is 648. The van der Waals surface area contributed by atoms with Crippen LogP contribution in [0.15, 0.2) is 30.3 Å². The lowest BCUT2D eigenvalue weighted by molar-refractivity contribution is -0.0218. The molecule has 0 radical (unpaired) electrons. The van der Waals surface area contributed by atoms with Gasteiger partial charge in [-0.05, 0) is 24.8 Å². The molecule has 1 aromatic carbocycles. The van der Waals surface area contributed by atoms with Crippen molar-refractivity contribution in [2.24, 2.45) is 0 Å². The lowest BCUT2D eigenvalue weighted by Gasteiger charge is -2.18. The summed E-state index contributed by atoms with van der Waals surface area (Å²) in [6.07, 6.45) is 19.3. The minimum atomic E-state index is -4.03. The lowest BCUT2D eigenvalue weighted by atomic mass is 10.0. The fourth-order valence-electron chi connectivity index (χ4n) is 4.06. The van der Waals surface area contributed by atoms with Crippen molar-refractivity contribution >= 4 is 23.8 Å². The summed E-state index contributed by atoms with van der Waals surface area (Å²) in [4.78, 5) is 9.53. The van der Waals surface area contributed by atoms with Gasteiger partial charge >= 0.3 is 7.82 Å². The maximum absolute atomic E-state index is 11.7. The molecule has 0 fully saturated rings. The van der Waals surface area contributed by atoms with Crippen LogP contribution in [0.4, 0.5) is 0 Å². The molecule has 0 amide bonds. The van der Waals surface area contributed by atoms with Crippen LogP contribution in [-0.2, 0) is 29.5 Å². The molecule has 1 rings (SSSR count). The van der Waals surface area contributed by atoms with E-state index in [9.17, 15) is 9.46 Å². The maximum atomic E-state index is 11.7. The molecular weight excluding hydrogens is 543 g/mol. The Balaban J connectivity index is 1.79. The van der Waals surface area contributed by atoms with Gasteiger partial charge in [0.2, 0.25) is 0 Å². The zero-order chi connectivity index (χ0) is 26.2. The molecule has 0 aliphatic rings. The molecule has 210 valence electrons. The Morgan fingerprint density at radius 1 is 0.750 bits per heavy atom. The van der Waals surface area contributed by atoms with Crippen LogP contribution in [0.2, 0.25) is 0 Å². The first-order valence-corrected chi connectivity index (χ1v) is 16.5. The Hall–Kier alpha value is -0.270. The summed E-state index contributed by atoms with van der Waals surface area (Å²) >= 11 is 3.13. The fourth-order valence-corrected chi connectivity index (χ4v) is 5.23. The highest BCUT2D eigenvalue weighted by Gasteiger charge is 2.23. The van der Waals surface area contributed by atoms with E-state index in [1.54, 1.807) is 0 Å². The van der Waals surface area contributed by atoms with E-state index in [4.69, 9.17) is 18.5 Å². The monoisotopic (exact) mass is 592 g/mol. The summed E-state index contributed by atoms with van der Waals surface area (Å²) in [6, 6.07) is 10.8. The van der Waals surface area contributed by atoms with Gasteiger partial charge in [-0.3, -0.25) is 9.05 Å². The Labute approximate surface area is 228 Å². The normalized spacial score (nSPS) is 14.1. The van der Waals surface area contributed by atoms with Crippen LogP contribution >= 0.6 is 23.8 Å². The molecule has 8 heteroatoms. The number of phosphoric ester groups is 1. The zero-order valence-corrected chi connectivity index (χ0v) is 24.9. The molecule has 0 saturated heterocycles. The van der Waals surface area contributed by atoms with Crippen molar-refractivity contribution in [1.29, 1.82) is 0 Å². The van der Waals surface area contributed by atoms with Gasteiger partial charge in [-0.1, -0.05) is 123 Å². The van der Waals surface area contributed by atoms with Crippen molar-refractivity contribution in [3.8, 4) is 0 Å². The average molecular weight is 594 g/mol. The van der Waals surface area contributed by atoms with Crippen LogP contribution < -0.4 is 0 Å². The van der Waals surface area contributed by atoms with Crippen molar-refractivity contribution in [2.45, 2.75) is 102 Å². The van der Waals surface area contributed by atoms with Crippen LogP contribution in [0.5, 0.6) is 0 Å². The van der Waals surface area contributed by atoms with Gasteiger partial charge in [0.25, 0.3) is 0 Å². The van der Waals surface area contributed by atoms with Crippen LogP contribution in [0.25, 0.3) is 0 Å². The van der Waals surface area contributed by atoms with Gasteiger partial charge in [-0.15, -0.1) is 0 Å². The number of hydrogen-bond acceptors (Lipinski definition) is 5. The molecule has 0 spiro atoms. The molecule has 0 bridgehead atoms. The highest BCUT2D eigenvalue weighted by molar-refractivity contribution is 9.09. The molecule has 2 atom stereocenters. The molecule has 0 aromatic heterocycles. The largest absolute Gasteiger partial charge is 0.472 e. The number of unbranched alkanes of at least 4 members (excludes halogenated alkanes) is 13. The van der Waals surface area contributed by atoms with Crippen molar-refractivity contribution < 1.29 is 28.0 Å². The fraction of sp³-hybridized carbons (Fsp3) is 0.786. The highest BCUT2D eigenvalue weighted by atomic mass is 79.9. The van der Waals surface area contributed by atoms with E-state index in [-0.39, 0.29) is 13.2 Å². The van der Waals surface area contributed by atoms with Crippen LogP contribution in [0.3, 0.4) is 0 Å². The molecule has 36 heavy (non-hydrogen) atoms. The number of aryl methyl sites for hydroxylation is 1. The number of methoxy groups -OCH3 is 1. The molecule has 1 N–H and O–H groups in total. The molecule has 6 nitrogen and oxygen atoms in total. The first-order chi connectivity index (χ1) is 17.6. The SMILES string of the molecule is COC(COCCCCCCCCCCCCCCCCc1ccccc1)COP(=O)(O)OCCBr. The second-order valence-electron chi connectivity index (χ2n) is 9.40. The predicted molar refractivity (Wildman–Crippen MR) is 152 cm³/mol. The minimum Gasteiger partial charge on any atom is -0.379 e. The summed E-state index contributed by atoms with van der Waals surface area (Å²) in [5.41, 5.74) is 1.47. The first kappa shape index (κ1) is 33.8. The number of benzene rings is 1. The highest BCUT2D eigenvalue weighted by Crippen LogP contribution is 2.43. The van der Waals surface area contributed by atoms with E-state index < -0.39 is 13.9 Å². The van der Waals surface area contributed by atoms with E-state index in [1.165, 1.54) is 103 Å². The van der Waals surface area contributed by atoms with Crippen LogP contribution in [0, 0.1) is 0 Å². The van der Waals surface area contributed by atoms with E-state index in [1.807, 2.05) is 0 Å². The summed E-state index contributed by atoms with van der Waals surface area (Å²) in [5.74, 6) is 0. The summed E-state index contributed by atoms with van der Waals surface area (Å²) < 4.78 is 32.3. The summed E-state index contributed by atoms with van der Waals surface area (Å²) in [5, 5.41) is 0.466. The van der Waals surface area contributed by atoms with E-state index in [0.717, 1.165) is 6.42 Å². The predicted octanol–water partition coefficient (Wildman–Crippen LogP) is 8.25. The topological polar surface area (TPSA) is 74.2 Å². The van der Waals surface area contributed by atoms with Gasteiger partial charge in [0, 0.05) is 19.0 Å². The van der Waals surface area contributed by atoms with Gasteiger partial charge in [0.15, 0.2) is 0 Å². The first-order valence-electron chi connectivity index (χ1n) is 13.9. The second kappa shape index (κ2) is 23.8. The van der Waals surface area contributed by atoms with E-state index in [2.05, 4.69) is 46.3 Å². The number of ether oxygens (including phenoxy) is 2. The standard InChI is InChI=1S/C28H50BrO6P/c1-32-28(26-35-36(30,31)34-24-22-29)25-33-23-18-13-11-9-7-5-3-2-4-6-8-10-12-15-19-27-20-16-14-17-21-27/h14,16-17,20-21,28H,2-13,15,18-19,22-26H2,1H3,(H,30,31). The molecular formula is C28H50BrO6P. The van der Waals surface area contributed by atoms with Crippen molar-refractivity contribution in [1.82, 2.24) is 0 Å². The van der Waals surface area contributed by atoms with Crippen molar-refractivity contribution in [2.75, 3.05) is 38.9 Å². The van der Waals surface area contributed by atoms with E-state index >= 15 is 0 Å². The number of rotatable bonds is 26. The molecule has 0 heterocycles. The molecule has 0 aliphatic carbocycles. The zero-order valence-electron chi connectivity index (χ0n) is 22.4. The minimum absolute atomic E-state index is 0.0404. The molecule has 2 unspecified atom stereocenters. The van der Waals surface area contributed by atoms with Gasteiger partial charge in [0.1, 0.15) is 6.10 Å². The summed E-state index contributed by atoms with van der Waals surface area (Å²) in [6.45, 7) is 1.07. The Kier molecular flexibility index (Phi) is 22.3. The average Bonchev–Trinajstić information content (AvgIpc) is 2.89. The maximum Gasteiger partial charge on any atom is 0.472 e. The number of halogens is 1. The second-order valence-corrected chi connectivity index (χ2v) is 11.7. The van der Waals surface area contributed by atoms with E-state index in [0.29, 0.717) is 18.5 Å². The quantitative estimate of drug-likeness (QED) is 0.0663. The third-order valence-electron chi connectivity index (χ3n) is 6.24. The number of phosphoric acid groups is 1. The smallest absolute Gasteiger partial charge is 0.379 e. The van der Waals surface area contributed by atoms with Crippen LogP contribution in [0.1, 0.15) is 95.5 Å². The third-order valence-corrected chi connectivity index (χ3v) is 7.55. The third kappa shape index (κ3) is 20.7. The molecule has 0 saturated carbocycles. The van der Waals surface area contributed by atoms with Gasteiger partial charge < -0.3 is 14.4 Å².